The van der Waals surface area contributed by atoms with Crippen molar-refractivity contribution in [1.82, 2.24) is 4.98 Å². The monoisotopic (exact) mass is 380 g/mol. The minimum Gasteiger partial charge on any atom is -0.494 e. The highest BCUT2D eigenvalue weighted by atomic mass is 32.1. The molecule has 6 nitrogen and oxygen atoms in total. The number of nitrogens with zero attached hydrogens (tertiary/aromatic N) is 1. The fourth-order valence-electron chi connectivity index (χ4n) is 3.22. The van der Waals surface area contributed by atoms with Gasteiger partial charge in [-0.15, -0.1) is 0 Å². The van der Waals surface area contributed by atoms with Crippen molar-refractivity contribution in [3.8, 4) is 23.1 Å². The second-order valence-corrected chi connectivity index (χ2v) is 7.30. The second-order valence-electron chi connectivity index (χ2n) is 6.28. The summed E-state index contributed by atoms with van der Waals surface area (Å²) in [4.78, 5) is 17.7. The lowest BCUT2D eigenvalue weighted by atomic mass is 9.92. The van der Waals surface area contributed by atoms with Gasteiger partial charge in [-0.2, -0.15) is 0 Å². The van der Waals surface area contributed by atoms with Crippen LogP contribution < -0.4 is 14.3 Å². The van der Waals surface area contributed by atoms with E-state index in [0.29, 0.717) is 40.8 Å². The average Bonchev–Trinajstić information content (AvgIpc) is 3.00. The molecule has 7 heteroatoms. The highest BCUT2D eigenvalue weighted by Crippen LogP contribution is 2.43. The molecule has 0 aliphatic carbocycles. The summed E-state index contributed by atoms with van der Waals surface area (Å²) in [5, 5.41) is 10.0. The predicted molar refractivity (Wildman–Crippen MR) is 103 cm³/mol. The smallest absolute Gasteiger partial charge is 0.307 e. The van der Waals surface area contributed by atoms with Gasteiger partial charge >= 0.3 is 4.87 Å². The van der Waals surface area contributed by atoms with E-state index in [1.54, 1.807) is 18.2 Å². The van der Waals surface area contributed by atoms with E-state index in [2.05, 4.69) is 9.83 Å². The Morgan fingerprint density at radius 1 is 1.33 bits per heavy atom. The van der Waals surface area contributed by atoms with Crippen molar-refractivity contribution >= 4 is 17.0 Å². The number of aromatic amines is 1. The van der Waals surface area contributed by atoms with Gasteiger partial charge in [0.15, 0.2) is 5.69 Å². The Kier molecular flexibility index (Phi) is 4.34. The van der Waals surface area contributed by atoms with E-state index < -0.39 is 0 Å². The van der Waals surface area contributed by atoms with Crippen LogP contribution in [0, 0.1) is 13.5 Å². The highest BCUT2D eigenvalue weighted by Gasteiger charge is 2.28. The fraction of sp³-hybridized carbons (Fsp3) is 0.200. The molecule has 0 saturated heterocycles. The zero-order chi connectivity index (χ0) is 19.0. The second kappa shape index (κ2) is 6.82. The lowest BCUT2D eigenvalue weighted by Crippen LogP contribution is -2.14. The summed E-state index contributed by atoms with van der Waals surface area (Å²) in [6.07, 6.45) is 0.686. The zero-order valence-corrected chi connectivity index (χ0v) is 15.3. The van der Waals surface area contributed by atoms with E-state index in [9.17, 15) is 9.90 Å². The number of fused-ring (bicyclic) bond motifs is 1. The van der Waals surface area contributed by atoms with Crippen LogP contribution in [0.3, 0.4) is 0 Å². The first-order valence-corrected chi connectivity index (χ1v) is 9.21. The average molecular weight is 380 g/mol. The number of H-pyrrole nitrogens is 1. The Balaban J connectivity index is 1.65. The molecule has 0 bridgehead atoms. The third kappa shape index (κ3) is 3.27. The van der Waals surface area contributed by atoms with Crippen LogP contribution in [0.4, 0.5) is 5.69 Å². The maximum atomic E-state index is 11.5. The lowest BCUT2D eigenvalue weighted by molar-refractivity contribution is 0.275. The molecule has 1 aliphatic heterocycles. The van der Waals surface area contributed by atoms with Crippen LogP contribution in [0.25, 0.3) is 4.85 Å². The van der Waals surface area contributed by atoms with Crippen molar-refractivity contribution in [2.24, 2.45) is 0 Å². The standard InChI is InChI=1S/C20H16N2O4S/c1-11-9-12(21-2)3-6-16(11)26-13-4-5-14-15(7-8-25-17(14)10-13)18-19(23)22-20(24)27-18/h3-6,9-10,15,23H,7-8H2,1H3,(H,22,24)/t15-/m1/s1. The number of rotatable bonds is 3. The van der Waals surface area contributed by atoms with E-state index in [4.69, 9.17) is 16.0 Å². The van der Waals surface area contributed by atoms with Crippen LogP contribution >= 0.6 is 11.3 Å². The van der Waals surface area contributed by atoms with Gasteiger partial charge in [0, 0.05) is 17.5 Å². The summed E-state index contributed by atoms with van der Waals surface area (Å²) in [6, 6.07) is 10.8. The van der Waals surface area contributed by atoms with E-state index in [0.717, 1.165) is 22.5 Å². The Hall–Kier alpha value is -3.24. The molecule has 27 heavy (non-hydrogen) atoms. The molecular formula is C20H16N2O4S. The molecule has 0 radical (unpaired) electrons. The van der Waals surface area contributed by atoms with Crippen molar-refractivity contribution in [3.63, 3.8) is 0 Å². The molecule has 1 aliphatic rings. The quantitative estimate of drug-likeness (QED) is 0.646. The van der Waals surface area contributed by atoms with Gasteiger partial charge in [0.25, 0.3) is 0 Å². The van der Waals surface area contributed by atoms with Crippen LogP contribution in [-0.4, -0.2) is 16.7 Å². The van der Waals surface area contributed by atoms with Gasteiger partial charge in [-0.1, -0.05) is 23.5 Å². The van der Waals surface area contributed by atoms with E-state index in [1.807, 2.05) is 25.1 Å². The number of hydrogen-bond acceptors (Lipinski definition) is 5. The maximum absolute atomic E-state index is 11.5. The van der Waals surface area contributed by atoms with Gasteiger partial charge in [-0.05, 0) is 37.1 Å². The molecule has 0 saturated carbocycles. The Morgan fingerprint density at radius 3 is 2.89 bits per heavy atom. The molecule has 4 rings (SSSR count). The predicted octanol–water partition coefficient (Wildman–Crippen LogP) is 4.71. The maximum Gasteiger partial charge on any atom is 0.307 e. The van der Waals surface area contributed by atoms with Gasteiger partial charge in [0.1, 0.15) is 17.2 Å². The number of thiazole rings is 1. The lowest BCUT2D eigenvalue weighted by Gasteiger charge is -2.25. The van der Waals surface area contributed by atoms with E-state index >= 15 is 0 Å². The van der Waals surface area contributed by atoms with Gasteiger partial charge in [-0.3, -0.25) is 9.78 Å². The summed E-state index contributed by atoms with van der Waals surface area (Å²) >= 11 is 1.02. The van der Waals surface area contributed by atoms with E-state index in [1.165, 1.54) is 0 Å². The summed E-state index contributed by atoms with van der Waals surface area (Å²) in [6.45, 7) is 9.46. The van der Waals surface area contributed by atoms with Crippen LogP contribution in [0.15, 0.2) is 41.2 Å². The SMILES string of the molecule is [C-]#[N+]c1ccc(Oc2ccc3c(c2)OCC[C@H]3c2sc(=O)[nH]c2O)c(C)c1. The zero-order valence-electron chi connectivity index (χ0n) is 14.5. The molecule has 3 aromatic rings. The summed E-state index contributed by atoms with van der Waals surface area (Å²) in [5.74, 6) is 1.82. The topological polar surface area (TPSA) is 75.9 Å². The summed E-state index contributed by atoms with van der Waals surface area (Å²) < 4.78 is 11.7. The molecule has 0 amide bonds. The normalized spacial score (nSPS) is 15.5. The minimum atomic E-state index is -0.270. The number of aromatic nitrogens is 1. The number of aryl methyl sites for hydroxylation is 1. The number of benzene rings is 2. The molecule has 0 fully saturated rings. The van der Waals surface area contributed by atoms with Crippen molar-refractivity contribution in [1.29, 1.82) is 0 Å². The first-order chi connectivity index (χ1) is 13.0. The minimum absolute atomic E-state index is 0.0706. The molecular weight excluding hydrogens is 364 g/mol. The number of nitrogens with one attached hydrogen (secondary N) is 1. The van der Waals surface area contributed by atoms with Crippen LogP contribution in [0.1, 0.15) is 28.3 Å². The largest absolute Gasteiger partial charge is 0.494 e. The number of hydrogen-bond donors (Lipinski definition) is 2. The highest BCUT2D eigenvalue weighted by molar-refractivity contribution is 7.09. The molecule has 0 unspecified atom stereocenters. The Morgan fingerprint density at radius 2 is 2.19 bits per heavy atom. The molecule has 2 aromatic carbocycles. The van der Waals surface area contributed by atoms with Crippen molar-refractivity contribution in [2.45, 2.75) is 19.3 Å². The molecule has 2 N–H and O–H groups in total. The summed E-state index contributed by atoms with van der Waals surface area (Å²) in [5.41, 5.74) is 2.36. The number of ether oxygens (including phenoxy) is 2. The van der Waals surface area contributed by atoms with Gasteiger partial charge < -0.3 is 14.6 Å². The first kappa shape index (κ1) is 17.2. The van der Waals surface area contributed by atoms with Crippen LogP contribution in [0.2, 0.25) is 0 Å². The van der Waals surface area contributed by atoms with Gasteiger partial charge in [0.05, 0.1) is 18.1 Å². The number of aromatic hydroxyl groups is 1. The molecule has 1 aromatic heterocycles. The van der Waals surface area contributed by atoms with Crippen molar-refractivity contribution < 1.29 is 14.6 Å². The van der Waals surface area contributed by atoms with E-state index in [-0.39, 0.29) is 16.7 Å². The Labute approximate surface area is 159 Å². The van der Waals surface area contributed by atoms with Gasteiger partial charge in [0.2, 0.25) is 5.88 Å². The summed E-state index contributed by atoms with van der Waals surface area (Å²) in [7, 11) is 0. The molecule has 2 heterocycles. The third-order valence-corrected chi connectivity index (χ3v) is 5.50. The first-order valence-electron chi connectivity index (χ1n) is 8.40. The fourth-order valence-corrected chi connectivity index (χ4v) is 4.10. The van der Waals surface area contributed by atoms with Crippen molar-refractivity contribution in [3.05, 3.63) is 73.5 Å². The molecule has 1 atom stereocenters. The molecule has 136 valence electrons. The molecule has 0 spiro atoms. The van der Waals surface area contributed by atoms with Crippen LogP contribution in [0.5, 0.6) is 23.1 Å². The third-order valence-electron chi connectivity index (χ3n) is 4.51. The Bertz CT molecular complexity index is 1110. The van der Waals surface area contributed by atoms with Crippen molar-refractivity contribution in [2.75, 3.05) is 6.61 Å². The van der Waals surface area contributed by atoms with Gasteiger partial charge in [-0.25, -0.2) is 4.85 Å². The van der Waals surface area contributed by atoms with Crippen LogP contribution in [-0.2, 0) is 0 Å².